The fourth-order valence-electron chi connectivity index (χ4n) is 2.58. The predicted molar refractivity (Wildman–Crippen MR) is 109 cm³/mol. The van der Waals surface area contributed by atoms with E-state index in [1.165, 1.54) is 24.5 Å². The topological polar surface area (TPSA) is 84.0 Å². The first-order valence-corrected chi connectivity index (χ1v) is 8.70. The van der Waals surface area contributed by atoms with Crippen molar-refractivity contribution in [3.63, 3.8) is 0 Å². The SMILES string of the molecule is Cc1cccc(CNC(=O)c2cc(C(=O)NCc3ccc(F)cc3)ncn2)c1.Cl. The van der Waals surface area contributed by atoms with Crippen molar-refractivity contribution in [1.82, 2.24) is 20.6 Å². The summed E-state index contributed by atoms with van der Waals surface area (Å²) in [5.74, 6) is -1.18. The third kappa shape index (κ3) is 6.36. The molecule has 2 aromatic carbocycles. The molecule has 150 valence electrons. The van der Waals surface area contributed by atoms with Gasteiger partial charge in [-0.2, -0.15) is 0 Å². The summed E-state index contributed by atoms with van der Waals surface area (Å²) in [6, 6.07) is 14.9. The van der Waals surface area contributed by atoms with Gasteiger partial charge in [0.1, 0.15) is 23.5 Å². The summed E-state index contributed by atoms with van der Waals surface area (Å²) >= 11 is 0. The van der Waals surface area contributed by atoms with Gasteiger partial charge in [-0.1, -0.05) is 42.0 Å². The van der Waals surface area contributed by atoms with E-state index in [1.54, 1.807) is 12.1 Å². The molecule has 2 amide bonds. The van der Waals surface area contributed by atoms with Crippen molar-refractivity contribution >= 4 is 24.2 Å². The quantitative estimate of drug-likeness (QED) is 0.648. The van der Waals surface area contributed by atoms with Crippen LogP contribution in [0.3, 0.4) is 0 Å². The molecule has 2 N–H and O–H groups in total. The van der Waals surface area contributed by atoms with Crippen LogP contribution in [-0.2, 0) is 13.1 Å². The number of hydrogen-bond donors (Lipinski definition) is 2. The van der Waals surface area contributed by atoms with E-state index in [-0.39, 0.29) is 36.2 Å². The highest BCUT2D eigenvalue weighted by atomic mass is 35.5. The number of rotatable bonds is 6. The van der Waals surface area contributed by atoms with Gasteiger partial charge < -0.3 is 10.6 Å². The maximum atomic E-state index is 12.9. The summed E-state index contributed by atoms with van der Waals surface area (Å²) in [4.78, 5) is 32.4. The smallest absolute Gasteiger partial charge is 0.270 e. The molecule has 1 aromatic heterocycles. The maximum Gasteiger partial charge on any atom is 0.270 e. The van der Waals surface area contributed by atoms with E-state index >= 15 is 0 Å². The monoisotopic (exact) mass is 414 g/mol. The molecule has 0 spiro atoms. The Morgan fingerprint density at radius 1 is 0.862 bits per heavy atom. The summed E-state index contributed by atoms with van der Waals surface area (Å²) in [7, 11) is 0. The summed E-state index contributed by atoms with van der Waals surface area (Å²) in [6.45, 7) is 2.56. The first kappa shape index (κ1) is 22.0. The van der Waals surface area contributed by atoms with Crippen LogP contribution < -0.4 is 10.6 Å². The molecule has 0 aliphatic carbocycles. The molecule has 29 heavy (non-hydrogen) atoms. The number of carbonyl (C=O) groups is 2. The Balaban J connectivity index is 0.00000300. The first-order chi connectivity index (χ1) is 13.5. The summed E-state index contributed by atoms with van der Waals surface area (Å²) in [5.41, 5.74) is 3.01. The number of aryl methyl sites for hydroxylation is 1. The van der Waals surface area contributed by atoms with Crippen LogP contribution >= 0.6 is 12.4 Å². The van der Waals surface area contributed by atoms with Crippen LogP contribution in [0.2, 0.25) is 0 Å². The number of amides is 2. The Bertz CT molecular complexity index is 996. The van der Waals surface area contributed by atoms with Gasteiger partial charge >= 0.3 is 0 Å². The molecule has 0 fully saturated rings. The second kappa shape index (κ2) is 10.3. The molecule has 8 heteroatoms. The number of halogens is 2. The minimum absolute atomic E-state index is 0. The van der Waals surface area contributed by atoms with Crippen LogP contribution in [0.15, 0.2) is 60.9 Å². The average molecular weight is 415 g/mol. The third-order valence-corrected chi connectivity index (χ3v) is 4.03. The number of benzene rings is 2. The van der Waals surface area contributed by atoms with Crippen molar-refractivity contribution in [2.75, 3.05) is 0 Å². The van der Waals surface area contributed by atoms with Crippen LogP contribution in [0, 0.1) is 12.7 Å². The molecule has 6 nitrogen and oxygen atoms in total. The van der Waals surface area contributed by atoms with Gasteiger partial charge in [0, 0.05) is 19.2 Å². The molecular formula is C21H20ClFN4O2. The lowest BCUT2D eigenvalue weighted by atomic mass is 10.1. The molecule has 0 saturated heterocycles. The van der Waals surface area contributed by atoms with Crippen molar-refractivity contribution in [1.29, 1.82) is 0 Å². The number of hydrogen-bond acceptors (Lipinski definition) is 4. The molecule has 0 aliphatic heterocycles. The van der Waals surface area contributed by atoms with Gasteiger partial charge in [-0.3, -0.25) is 9.59 Å². The van der Waals surface area contributed by atoms with Crippen LogP contribution in [-0.4, -0.2) is 21.8 Å². The van der Waals surface area contributed by atoms with Gasteiger partial charge in [0.2, 0.25) is 0 Å². The number of nitrogens with zero attached hydrogens (tertiary/aromatic N) is 2. The second-order valence-electron chi connectivity index (χ2n) is 6.27. The highest BCUT2D eigenvalue weighted by Gasteiger charge is 2.13. The van der Waals surface area contributed by atoms with Crippen molar-refractivity contribution in [2.45, 2.75) is 20.0 Å². The van der Waals surface area contributed by atoms with E-state index in [1.807, 2.05) is 31.2 Å². The lowest BCUT2D eigenvalue weighted by Crippen LogP contribution is -2.27. The Hall–Kier alpha value is -3.32. The molecule has 0 atom stereocenters. The Morgan fingerprint density at radius 3 is 2.03 bits per heavy atom. The lowest BCUT2D eigenvalue weighted by molar-refractivity contribution is 0.0944. The average Bonchev–Trinajstić information content (AvgIpc) is 2.71. The first-order valence-electron chi connectivity index (χ1n) is 8.70. The molecule has 0 aliphatic rings. The van der Waals surface area contributed by atoms with Crippen molar-refractivity contribution in [2.24, 2.45) is 0 Å². The highest BCUT2D eigenvalue weighted by Crippen LogP contribution is 2.06. The zero-order chi connectivity index (χ0) is 19.9. The molecule has 3 rings (SSSR count). The maximum absolute atomic E-state index is 12.9. The summed E-state index contributed by atoms with van der Waals surface area (Å²) in [6.07, 6.45) is 1.17. The van der Waals surface area contributed by atoms with Crippen molar-refractivity contribution in [3.8, 4) is 0 Å². The zero-order valence-corrected chi connectivity index (χ0v) is 16.5. The van der Waals surface area contributed by atoms with Crippen LogP contribution in [0.1, 0.15) is 37.7 Å². The van der Waals surface area contributed by atoms with E-state index in [2.05, 4.69) is 20.6 Å². The summed E-state index contributed by atoms with van der Waals surface area (Å²) in [5, 5.41) is 5.46. The molecular weight excluding hydrogens is 395 g/mol. The van der Waals surface area contributed by atoms with Crippen LogP contribution in [0.5, 0.6) is 0 Å². The molecule has 3 aromatic rings. The van der Waals surface area contributed by atoms with E-state index in [4.69, 9.17) is 0 Å². The van der Waals surface area contributed by atoms with Gasteiger partial charge in [-0.15, -0.1) is 12.4 Å². The van der Waals surface area contributed by atoms with Crippen molar-refractivity contribution < 1.29 is 14.0 Å². The molecule has 1 heterocycles. The van der Waals surface area contributed by atoms with Crippen LogP contribution in [0.4, 0.5) is 4.39 Å². The van der Waals surface area contributed by atoms with Gasteiger partial charge in [-0.25, -0.2) is 14.4 Å². The van der Waals surface area contributed by atoms with Gasteiger partial charge in [0.15, 0.2) is 0 Å². The normalized spacial score (nSPS) is 10.0. The van der Waals surface area contributed by atoms with E-state index < -0.39 is 11.8 Å². The van der Waals surface area contributed by atoms with Crippen molar-refractivity contribution in [3.05, 3.63) is 94.8 Å². The summed E-state index contributed by atoms with van der Waals surface area (Å²) < 4.78 is 12.9. The minimum atomic E-state index is -0.445. The lowest BCUT2D eigenvalue weighted by Gasteiger charge is -2.07. The molecule has 0 radical (unpaired) electrons. The largest absolute Gasteiger partial charge is 0.347 e. The fraction of sp³-hybridized carbons (Fsp3) is 0.143. The standard InChI is InChI=1S/C21H19FN4O2.ClH/c1-14-3-2-4-16(9-14)12-24-21(28)19-10-18(25-13-26-19)20(27)23-11-15-5-7-17(22)8-6-15;/h2-10,13H,11-12H2,1H3,(H,23,27)(H,24,28);1H. The molecule has 0 unspecified atom stereocenters. The van der Waals surface area contributed by atoms with E-state index in [9.17, 15) is 14.0 Å². The molecule has 0 saturated carbocycles. The predicted octanol–water partition coefficient (Wildman–Crippen LogP) is 3.21. The van der Waals surface area contributed by atoms with E-state index in [0.29, 0.717) is 6.54 Å². The van der Waals surface area contributed by atoms with E-state index in [0.717, 1.165) is 16.7 Å². The number of nitrogens with one attached hydrogen (secondary N) is 2. The van der Waals surface area contributed by atoms with Gasteiger partial charge in [0.25, 0.3) is 11.8 Å². The van der Waals surface area contributed by atoms with Gasteiger partial charge in [-0.05, 0) is 30.2 Å². The number of aromatic nitrogens is 2. The zero-order valence-electron chi connectivity index (χ0n) is 15.7. The Morgan fingerprint density at radius 2 is 1.45 bits per heavy atom. The third-order valence-electron chi connectivity index (χ3n) is 4.03. The fourth-order valence-corrected chi connectivity index (χ4v) is 2.58. The number of carbonyl (C=O) groups excluding carboxylic acids is 2. The molecule has 0 bridgehead atoms. The van der Waals surface area contributed by atoms with Gasteiger partial charge in [0.05, 0.1) is 0 Å². The Labute approximate surface area is 174 Å². The minimum Gasteiger partial charge on any atom is -0.347 e. The Kier molecular flexibility index (Phi) is 7.79. The highest BCUT2D eigenvalue weighted by molar-refractivity contribution is 5.97. The second-order valence-corrected chi connectivity index (χ2v) is 6.27. The van der Waals surface area contributed by atoms with Crippen LogP contribution in [0.25, 0.3) is 0 Å².